The molecule has 0 aliphatic heterocycles. The lowest BCUT2D eigenvalue weighted by Crippen LogP contribution is -2.21. The average molecular weight is 427 g/mol. The summed E-state index contributed by atoms with van der Waals surface area (Å²) >= 11 is 11.8. The maximum absolute atomic E-state index is 14.2. The number of nitrogens with zero attached hydrogens (tertiary/aromatic N) is 1. The van der Waals surface area contributed by atoms with Gasteiger partial charge in [-0.25, -0.2) is 9.38 Å². The first kappa shape index (κ1) is 19.2. The van der Waals surface area contributed by atoms with Crippen LogP contribution >= 0.6 is 23.2 Å². The Bertz CT molecular complexity index is 1280. The molecule has 7 heteroatoms. The van der Waals surface area contributed by atoms with Crippen LogP contribution in [0, 0.1) is 5.82 Å². The van der Waals surface area contributed by atoms with Crippen LogP contribution in [0.4, 0.5) is 15.8 Å². The number of benzene rings is 3. The van der Waals surface area contributed by atoms with Gasteiger partial charge in [0.05, 0.1) is 0 Å². The number of para-hydroxylation sites is 1. The molecule has 0 spiro atoms. The minimum absolute atomic E-state index is 0.0305. The molecular formula is C22H13Cl2FN2O2. The second-order valence-corrected chi connectivity index (χ2v) is 7.04. The zero-order valence-corrected chi connectivity index (χ0v) is 16.3. The molecule has 0 aliphatic carbocycles. The highest BCUT2D eigenvalue weighted by molar-refractivity contribution is 6.31. The Labute approximate surface area is 175 Å². The van der Waals surface area contributed by atoms with E-state index in [-0.39, 0.29) is 16.8 Å². The van der Waals surface area contributed by atoms with Crippen molar-refractivity contribution in [3.63, 3.8) is 0 Å². The molecular weight excluding hydrogens is 414 g/mol. The van der Waals surface area contributed by atoms with Crippen molar-refractivity contribution >= 4 is 51.5 Å². The zero-order valence-electron chi connectivity index (χ0n) is 14.8. The number of hydrogen-bond donors (Lipinski definition) is 1. The van der Waals surface area contributed by atoms with E-state index in [0.29, 0.717) is 26.7 Å². The molecule has 1 N–H and O–H groups in total. The summed E-state index contributed by atoms with van der Waals surface area (Å²) in [6, 6.07) is 19.5. The van der Waals surface area contributed by atoms with Gasteiger partial charge < -0.3 is 9.73 Å². The Morgan fingerprint density at radius 1 is 0.931 bits per heavy atom. The highest BCUT2D eigenvalue weighted by atomic mass is 35.5. The summed E-state index contributed by atoms with van der Waals surface area (Å²) in [5.41, 5.74) is 1.15. The molecule has 1 heterocycles. The first-order chi connectivity index (χ1) is 14.0. The topological polar surface area (TPSA) is 54.6 Å². The second kappa shape index (κ2) is 8.07. The van der Waals surface area contributed by atoms with Crippen LogP contribution in [0.2, 0.25) is 10.0 Å². The van der Waals surface area contributed by atoms with E-state index >= 15 is 0 Å². The molecule has 1 aromatic heterocycles. The summed E-state index contributed by atoms with van der Waals surface area (Å²) in [6.45, 7) is 0. The van der Waals surface area contributed by atoms with Crippen LogP contribution in [0.5, 0.6) is 0 Å². The van der Waals surface area contributed by atoms with Gasteiger partial charge in [-0.3, -0.25) is 4.79 Å². The van der Waals surface area contributed by atoms with Gasteiger partial charge in [0.15, 0.2) is 0 Å². The van der Waals surface area contributed by atoms with Crippen molar-refractivity contribution in [2.24, 2.45) is 4.99 Å². The molecule has 0 bridgehead atoms. The lowest BCUT2D eigenvalue weighted by atomic mass is 10.1. The van der Waals surface area contributed by atoms with Gasteiger partial charge in [0.1, 0.15) is 22.7 Å². The molecule has 4 aromatic rings. The number of hydrogen-bond acceptors (Lipinski definition) is 3. The molecule has 0 aliphatic rings. The van der Waals surface area contributed by atoms with Crippen LogP contribution < -0.4 is 10.9 Å². The molecule has 0 radical (unpaired) electrons. The normalized spacial score (nSPS) is 11.6. The summed E-state index contributed by atoms with van der Waals surface area (Å²) in [7, 11) is 0. The fraction of sp³-hybridized carbons (Fsp3) is 0. The van der Waals surface area contributed by atoms with E-state index in [1.807, 2.05) is 12.1 Å². The number of amides is 1. The van der Waals surface area contributed by atoms with Crippen LogP contribution in [0.15, 0.2) is 82.2 Å². The zero-order chi connectivity index (χ0) is 20.4. The molecule has 0 atom stereocenters. The standard InChI is InChI=1S/C22H13Cl2FN2O2/c23-14-5-8-16(9-6-14)26-21(28)17-11-13-3-1-2-4-20(13)29-22(17)27-19-12-15(24)7-10-18(19)25/h1-12H,(H,26,28). The lowest BCUT2D eigenvalue weighted by Gasteiger charge is -2.07. The molecule has 144 valence electrons. The fourth-order valence-electron chi connectivity index (χ4n) is 2.73. The maximum atomic E-state index is 14.2. The SMILES string of the molecule is O=C(Nc1ccc(Cl)cc1)c1cc2ccccc2oc1=Nc1cc(Cl)ccc1F. The molecule has 1 amide bonds. The predicted octanol–water partition coefficient (Wildman–Crippen LogP) is 6.36. The Morgan fingerprint density at radius 3 is 2.45 bits per heavy atom. The van der Waals surface area contributed by atoms with Gasteiger partial charge in [0, 0.05) is 21.1 Å². The monoisotopic (exact) mass is 426 g/mol. The third kappa shape index (κ3) is 4.31. The number of nitrogens with one attached hydrogen (secondary N) is 1. The molecule has 0 saturated heterocycles. The van der Waals surface area contributed by atoms with Gasteiger partial charge in [-0.05, 0) is 54.6 Å². The first-order valence-electron chi connectivity index (χ1n) is 8.59. The quantitative estimate of drug-likeness (QED) is 0.414. The van der Waals surface area contributed by atoms with E-state index in [9.17, 15) is 9.18 Å². The highest BCUT2D eigenvalue weighted by Crippen LogP contribution is 2.23. The Morgan fingerprint density at radius 2 is 1.66 bits per heavy atom. The van der Waals surface area contributed by atoms with E-state index in [0.717, 1.165) is 0 Å². The number of fused-ring (bicyclic) bond motifs is 1. The van der Waals surface area contributed by atoms with E-state index in [2.05, 4.69) is 10.3 Å². The Kier molecular flexibility index (Phi) is 5.34. The van der Waals surface area contributed by atoms with Gasteiger partial charge in [0.2, 0.25) is 5.55 Å². The molecule has 0 fully saturated rings. The summed E-state index contributed by atoms with van der Waals surface area (Å²) in [5.74, 6) is -1.04. The fourth-order valence-corrected chi connectivity index (χ4v) is 3.02. The minimum Gasteiger partial charge on any atom is -0.438 e. The summed E-state index contributed by atoms with van der Waals surface area (Å²) in [6.07, 6.45) is 0. The number of carbonyl (C=O) groups is 1. The third-order valence-corrected chi connectivity index (χ3v) is 4.62. The van der Waals surface area contributed by atoms with E-state index in [1.54, 1.807) is 42.5 Å². The number of rotatable bonds is 3. The maximum Gasteiger partial charge on any atom is 0.261 e. The summed E-state index contributed by atoms with van der Waals surface area (Å²) in [4.78, 5) is 17.1. The van der Waals surface area contributed by atoms with Crippen molar-refractivity contribution in [2.45, 2.75) is 0 Å². The van der Waals surface area contributed by atoms with Crippen molar-refractivity contribution in [3.05, 3.63) is 99.8 Å². The van der Waals surface area contributed by atoms with Crippen LogP contribution in [0.3, 0.4) is 0 Å². The van der Waals surface area contributed by atoms with E-state index in [4.69, 9.17) is 27.6 Å². The summed E-state index contributed by atoms with van der Waals surface area (Å²) in [5, 5.41) is 4.34. The summed E-state index contributed by atoms with van der Waals surface area (Å²) < 4.78 is 20.0. The lowest BCUT2D eigenvalue weighted by molar-refractivity contribution is 0.102. The minimum atomic E-state index is -0.582. The van der Waals surface area contributed by atoms with Crippen molar-refractivity contribution < 1.29 is 13.6 Å². The van der Waals surface area contributed by atoms with Crippen molar-refractivity contribution in [1.82, 2.24) is 0 Å². The van der Waals surface area contributed by atoms with Gasteiger partial charge in [-0.2, -0.15) is 0 Å². The second-order valence-electron chi connectivity index (χ2n) is 6.17. The smallest absolute Gasteiger partial charge is 0.261 e. The van der Waals surface area contributed by atoms with Crippen LogP contribution in [-0.2, 0) is 0 Å². The molecule has 29 heavy (non-hydrogen) atoms. The molecule has 4 nitrogen and oxygen atoms in total. The van der Waals surface area contributed by atoms with Crippen molar-refractivity contribution in [3.8, 4) is 0 Å². The predicted molar refractivity (Wildman–Crippen MR) is 112 cm³/mol. The van der Waals surface area contributed by atoms with Gasteiger partial charge in [-0.1, -0.05) is 41.4 Å². The average Bonchev–Trinajstić information content (AvgIpc) is 2.72. The Balaban J connectivity index is 1.86. The third-order valence-electron chi connectivity index (χ3n) is 4.13. The Hall–Kier alpha value is -3.15. The highest BCUT2D eigenvalue weighted by Gasteiger charge is 2.14. The number of anilines is 1. The van der Waals surface area contributed by atoms with Gasteiger partial charge in [0.25, 0.3) is 5.91 Å². The van der Waals surface area contributed by atoms with Crippen LogP contribution in [0.25, 0.3) is 11.0 Å². The molecule has 0 unspecified atom stereocenters. The van der Waals surface area contributed by atoms with Crippen molar-refractivity contribution in [2.75, 3.05) is 5.32 Å². The first-order valence-corrected chi connectivity index (χ1v) is 9.35. The molecule has 4 rings (SSSR count). The largest absolute Gasteiger partial charge is 0.438 e. The number of carbonyl (C=O) groups excluding carboxylic acids is 1. The molecule has 3 aromatic carbocycles. The van der Waals surface area contributed by atoms with E-state index in [1.165, 1.54) is 18.2 Å². The molecule has 0 saturated carbocycles. The van der Waals surface area contributed by atoms with Gasteiger partial charge in [-0.15, -0.1) is 0 Å². The van der Waals surface area contributed by atoms with Crippen molar-refractivity contribution in [1.29, 1.82) is 0 Å². The van der Waals surface area contributed by atoms with E-state index < -0.39 is 11.7 Å². The van der Waals surface area contributed by atoms with Crippen LogP contribution in [-0.4, -0.2) is 5.91 Å². The number of halogens is 3. The van der Waals surface area contributed by atoms with Gasteiger partial charge >= 0.3 is 0 Å². The van der Waals surface area contributed by atoms with Crippen LogP contribution in [0.1, 0.15) is 10.4 Å².